The second-order valence-corrected chi connectivity index (χ2v) is 10.3. The van der Waals surface area contributed by atoms with Crippen LogP contribution in [0, 0.1) is 0 Å². The van der Waals surface area contributed by atoms with E-state index in [4.69, 9.17) is 15.7 Å². The predicted octanol–water partition coefficient (Wildman–Crippen LogP) is 5.91. The zero-order valence-electron chi connectivity index (χ0n) is 21.3. The summed E-state index contributed by atoms with van der Waals surface area (Å²) in [6, 6.07) is 21.9. The standard InChI is InChI=1S/C31H31N5O/c1-35(2)30(37)23-11-6-10-22(20-23)26-16-17-27-29(33-26)36(28(34-27)21-8-4-3-5-9-21)25-14-12-24(13-15-25)31(32)18-7-19-31/h3-6,8-12,14,16-17,20H,7,13,15,18-19,32H2,1-2H3. The molecule has 37 heavy (non-hydrogen) atoms. The van der Waals surface area contributed by atoms with E-state index < -0.39 is 0 Å². The number of carbonyl (C=O) groups is 1. The summed E-state index contributed by atoms with van der Waals surface area (Å²) in [5.41, 5.74) is 14.1. The van der Waals surface area contributed by atoms with Crippen molar-refractivity contribution in [2.75, 3.05) is 14.1 Å². The third kappa shape index (κ3) is 4.17. The van der Waals surface area contributed by atoms with Crippen molar-refractivity contribution in [1.82, 2.24) is 19.4 Å². The molecule has 0 atom stereocenters. The van der Waals surface area contributed by atoms with E-state index in [0.717, 1.165) is 65.2 Å². The van der Waals surface area contributed by atoms with Crippen LogP contribution in [0.4, 0.5) is 0 Å². The van der Waals surface area contributed by atoms with Gasteiger partial charge < -0.3 is 10.6 Å². The van der Waals surface area contributed by atoms with E-state index in [2.05, 4.69) is 28.9 Å². The van der Waals surface area contributed by atoms with Crippen molar-refractivity contribution in [3.63, 3.8) is 0 Å². The number of imidazole rings is 1. The minimum absolute atomic E-state index is 0.0292. The van der Waals surface area contributed by atoms with Crippen molar-refractivity contribution in [1.29, 1.82) is 0 Å². The zero-order valence-corrected chi connectivity index (χ0v) is 21.3. The number of nitrogens with zero attached hydrogens (tertiary/aromatic N) is 4. The quantitative estimate of drug-likeness (QED) is 0.378. The molecular weight excluding hydrogens is 458 g/mol. The van der Waals surface area contributed by atoms with E-state index in [1.54, 1.807) is 19.0 Å². The fourth-order valence-electron chi connectivity index (χ4n) is 5.35. The van der Waals surface area contributed by atoms with Crippen LogP contribution in [0.15, 0.2) is 84.5 Å². The maximum absolute atomic E-state index is 12.6. The highest BCUT2D eigenvalue weighted by molar-refractivity contribution is 5.95. The summed E-state index contributed by atoms with van der Waals surface area (Å²) >= 11 is 0. The molecule has 1 amide bonds. The Bertz CT molecular complexity index is 1560. The number of rotatable bonds is 5. The van der Waals surface area contributed by atoms with Crippen LogP contribution in [0.25, 0.3) is 39.5 Å². The fourth-order valence-corrected chi connectivity index (χ4v) is 5.35. The van der Waals surface area contributed by atoms with Crippen molar-refractivity contribution in [3.8, 4) is 22.6 Å². The van der Waals surface area contributed by atoms with Gasteiger partial charge in [-0.2, -0.15) is 0 Å². The molecule has 4 aromatic rings. The first-order valence-electron chi connectivity index (χ1n) is 12.9. The molecule has 2 aliphatic rings. The third-order valence-electron chi connectivity index (χ3n) is 7.65. The molecule has 2 N–H and O–H groups in total. The zero-order chi connectivity index (χ0) is 25.6. The van der Waals surface area contributed by atoms with Gasteiger partial charge in [-0.3, -0.25) is 9.36 Å². The number of hydrogen-bond donors (Lipinski definition) is 1. The summed E-state index contributed by atoms with van der Waals surface area (Å²) in [5, 5.41) is 0. The number of aromatic nitrogens is 3. The summed E-state index contributed by atoms with van der Waals surface area (Å²) in [5.74, 6) is 0.851. The first kappa shape index (κ1) is 23.4. The lowest BCUT2D eigenvalue weighted by Gasteiger charge is -2.41. The maximum atomic E-state index is 12.6. The Hall–Kier alpha value is -4.03. The van der Waals surface area contributed by atoms with Crippen molar-refractivity contribution in [3.05, 3.63) is 90.0 Å². The van der Waals surface area contributed by atoms with Crippen LogP contribution in [0.5, 0.6) is 0 Å². The van der Waals surface area contributed by atoms with E-state index in [9.17, 15) is 4.79 Å². The van der Waals surface area contributed by atoms with Crippen molar-refractivity contribution in [2.45, 2.75) is 37.6 Å². The SMILES string of the molecule is CN(C)C(=O)c1cccc(-c2ccc3nc(-c4ccccc4)n(C4=CC=C(C5(N)CCC5)CC4)c3n2)c1. The Morgan fingerprint density at radius 2 is 1.70 bits per heavy atom. The molecule has 6 rings (SSSR count). The van der Waals surface area contributed by atoms with Gasteiger partial charge >= 0.3 is 0 Å². The van der Waals surface area contributed by atoms with E-state index in [1.807, 2.05) is 54.6 Å². The molecule has 186 valence electrons. The number of allylic oxidation sites excluding steroid dienone is 3. The molecule has 2 heterocycles. The molecule has 0 spiro atoms. The van der Waals surface area contributed by atoms with E-state index >= 15 is 0 Å². The molecule has 0 radical (unpaired) electrons. The molecule has 0 unspecified atom stereocenters. The largest absolute Gasteiger partial charge is 0.345 e. The Kier molecular flexibility index (Phi) is 5.76. The molecule has 2 aromatic carbocycles. The molecule has 1 fully saturated rings. The lowest BCUT2D eigenvalue weighted by Crippen LogP contribution is -2.48. The normalized spacial score (nSPS) is 16.6. The van der Waals surface area contributed by atoms with Gasteiger partial charge in [-0.15, -0.1) is 0 Å². The number of carbonyl (C=O) groups excluding carboxylic acids is 1. The summed E-state index contributed by atoms with van der Waals surface area (Å²) in [7, 11) is 3.52. The lowest BCUT2D eigenvalue weighted by molar-refractivity contribution is 0.0827. The van der Waals surface area contributed by atoms with E-state index in [-0.39, 0.29) is 11.4 Å². The van der Waals surface area contributed by atoms with Gasteiger partial charge in [0.1, 0.15) is 11.3 Å². The Balaban J connectivity index is 1.49. The van der Waals surface area contributed by atoms with Crippen LogP contribution in [-0.2, 0) is 0 Å². The molecule has 0 aliphatic heterocycles. The average Bonchev–Trinajstić information content (AvgIpc) is 3.31. The highest BCUT2D eigenvalue weighted by Crippen LogP contribution is 2.41. The second-order valence-electron chi connectivity index (χ2n) is 10.3. The number of pyridine rings is 1. The Labute approximate surface area is 217 Å². The van der Waals surface area contributed by atoms with Crippen LogP contribution in [0.3, 0.4) is 0 Å². The number of benzene rings is 2. The molecule has 6 nitrogen and oxygen atoms in total. The Morgan fingerprint density at radius 1 is 0.919 bits per heavy atom. The molecule has 6 heteroatoms. The summed E-state index contributed by atoms with van der Waals surface area (Å²) in [4.78, 5) is 24.2. The van der Waals surface area contributed by atoms with Crippen LogP contribution >= 0.6 is 0 Å². The first-order valence-corrected chi connectivity index (χ1v) is 12.9. The third-order valence-corrected chi connectivity index (χ3v) is 7.65. The van der Waals surface area contributed by atoms with Gasteiger partial charge in [-0.25, -0.2) is 9.97 Å². The highest BCUT2D eigenvalue weighted by Gasteiger charge is 2.36. The van der Waals surface area contributed by atoms with Gasteiger partial charge in [0.2, 0.25) is 0 Å². The molecular formula is C31H31N5O. The molecule has 2 aliphatic carbocycles. The maximum Gasteiger partial charge on any atom is 0.253 e. The summed E-state index contributed by atoms with van der Waals surface area (Å²) in [6.07, 6.45) is 9.61. The number of hydrogen-bond acceptors (Lipinski definition) is 4. The summed E-state index contributed by atoms with van der Waals surface area (Å²) < 4.78 is 2.19. The lowest BCUT2D eigenvalue weighted by atomic mass is 9.70. The van der Waals surface area contributed by atoms with Gasteiger partial charge in [0.25, 0.3) is 5.91 Å². The topological polar surface area (TPSA) is 77.0 Å². The predicted molar refractivity (Wildman–Crippen MR) is 149 cm³/mol. The molecule has 2 aromatic heterocycles. The molecule has 0 saturated heterocycles. The second kappa shape index (κ2) is 9.12. The van der Waals surface area contributed by atoms with Crippen molar-refractivity contribution >= 4 is 22.8 Å². The van der Waals surface area contributed by atoms with Crippen LogP contribution in [0.2, 0.25) is 0 Å². The van der Waals surface area contributed by atoms with Crippen LogP contribution in [0.1, 0.15) is 42.5 Å². The minimum atomic E-state index is -0.123. The van der Waals surface area contributed by atoms with Gasteiger partial charge in [0.15, 0.2) is 5.65 Å². The minimum Gasteiger partial charge on any atom is -0.345 e. The summed E-state index contributed by atoms with van der Waals surface area (Å²) in [6.45, 7) is 0. The average molecular weight is 490 g/mol. The Morgan fingerprint density at radius 3 is 2.38 bits per heavy atom. The van der Waals surface area contributed by atoms with E-state index in [0.29, 0.717) is 5.56 Å². The van der Waals surface area contributed by atoms with E-state index in [1.165, 1.54) is 12.0 Å². The van der Waals surface area contributed by atoms with Crippen LogP contribution in [-0.4, -0.2) is 45.0 Å². The fraction of sp³-hybridized carbons (Fsp3) is 0.258. The van der Waals surface area contributed by atoms with Gasteiger partial charge in [-0.05, 0) is 68.0 Å². The number of fused-ring (bicyclic) bond motifs is 1. The molecule has 1 saturated carbocycles. The van der Waals surface area contributed by atoms with Crippen molar-refractivity contribution < 1.29 is 4.79 Å². The van der Waals surface area contributed by atoms with Gasteiger partial charge in [-0.1, -0.05) is 48.5 Å². The van der Waals surface area contributed by atoms with Crippen molar-refractivity contribution in [2.24, 2.45) is 5.73 Å². The molecule has 0 bridgehead atoms. The number of amides is 1. The van der Waals surface area contributed by atoms with Gasteiger partial charge in [0.05, 0.1) is 5.69 Å². The smallest absolute Gasteiger partial charge is 0.253 e. The monoisotopic (exact) mass is 489 g/mol. The first-order chi connectivity index (χ1) is 17.9. The highest BCUT2D eigenvalue weighted by atomic mass is 16.2. The van der Waals surface area contributed by atoms with Crippen LogP contribution < -0.4 is 5.73 Å². The van der Waals surface area contributed by atoms with Gasteiger partial charge in [0, 0.05) is 42.0 Å². The number of nitrogens with two attached hydrogens (primary N) is 1.